The Hall–Kier alpha value is -1.84. The minimum Gasteiger partial charge on any atom is -0.462 e. The Morgan fingerprint density at radius 3 is 2.00 bits per heavy atom. The highest BCUT2D eigenvalue weighted by molar-refractivity contribution is 5.93. The fourth-order valence-corrected chi connectivity index (χ4v) is 1.84. The standard InChI is InChI=1S/C16H22O4/c1-4-7-14(5-2)20-16(18)13-10-8-12(9-11-13)15(17)19-6-3/h8-11,14H,4-7H2,1-3H3. The minimum atomic E-state index is -0.384. The second kappa shape index (κ2) is 8.35. The molecule has 4 heteroatoms. The lowest BCUT2D eigenvalue weighted by Gasteiger charge is -2.15. The predicted octanol–water partition coefficient (Wildman–Crippen LogP) is 3.60. The molecule has 20 heavy (non-hydrogen) atoms. The maximum absolute atomic E-state index is 12.0. The molecule has 4 nitrogen and oxygen atoms in total. The van der Waals surface area contributed by atoms with E-state index in [9.17, 15) is 9.59 Å². The molecule has 0 aliphatic heterocycles. The first kappa shape index (κ1) is 16.2. The second-order valence-electron chi connectivity index (χ2n) is 4.52. The number of benzene rings is 1. The molecule has 1 atom stereocenters. The molecule has 0 radical (unpaired) electrons. The third-order valence-corrected chi connectivity index (χ3v) is 2.97. The largest absolute Gasteiger partial charge is 0.462 e. The fraction of sp³-hybridized carbons (Fsp3) is 0.500. The quantitative estimate of drug-likeness (QED) is 0.715. The summed E-state index contributed by atoms with van der Waals surface area (Å²) < 4.78 is 10.3. The molecule has 0 aliphatic rings. The van der Waals surface area contributed by atoms with E-state index in [4.69, 9.17) is 9.47 Å². The smallest absolute Gasteiger partial charge is 0.338 e. The molecular formula is C16H22O4. The number of esters is 2. The van der Waals surface area contributed by atoms with Crippen molar-refractivity contribution in [2.45, 2.75) is 46.1 Å². The van der Waals surface area contributed by atoms with E-state index in [1.54, 1.807) is 31.2 Å². The summed E-state index contributed by atoms with van der Waals surface area (Å²) in [6, 6.07) is 6.34. The van der Waals surface area contributed by atoms with Crippen LogP contribution in [0.15, 0.2) is 24.3 Å². The first-order chi connectivity index (χ1) is 9.62. The van der Waals surface area contributed by atoms with Crippen LogP contribution in [0.3, 0.4) is 0 Å². The average Bonchev–Trinajstić information content (AvgIpc) is 2.47. The summed E-state index contributed by atoms with van der Waals surface area (Å²) in [5, 5.41) is 0. The van der Waals surface area contributed by atoms with E-state index in [1.165, 1.54) is 0 Å². The maximum Gasteiger partial charge on any atom is 0.338 e. The molecule has 0 amide bonds. The van der Waals surface area contributed by atoms with Crippen LogP contribution in [0.25, 0.3) is 0 Å². The first-order valence-corrected chi connectivity index (χ1v) is 7.10. The Balaban J connectivity index is 2.68. The van der Waals surface area contributed by atoms with E-state index < -0.39 is 0 Å². The summed E-state index contributed by atoms with van der Waals surface area (Å²) in [5.74, 6) is -0.731. The fourth-order valence-electron chi connectivity index (χ4n) is 1.84. The summed E-state index contributed by atoms with van der Waals surface area (Å²) >= 11 is 0. The molecule has 1 unspecified atom stereocenters. The molecule has 1 aromatic carbocycles. The maximum atomic E-state index is 12.0. The van der Waals surface area contributed by atoms with E-state index >= 15 is 0 Å². The molecular weight excluding hydrogens is 256 g/mol. The van der Waals surface area contributed by atoms with Crippen molar-refractivity contribution in [3.8, 4) is 0 Å². The normalized spacial score (nSPS) is 11.8. The molecule has 110 valence electrons. The highest BCUT2D eigenvalue weighted by Gasteiger charge is 2.14. The van der Waals surface area contributed by atoms with Gasteiger partial charge in [-0.2, -0.15) is 0 Å². The van der Waals surface area contributed by atoms with Crippen molar-refractivity contribution in [2.24, 2.45) is 0 Å². The number of hydrogen-bond acceptors (Lipinski definition) is 4. The van der Waals surface area contributed by atoms with Crippen molar-refractivity contribution in [3.63, 3.8) is 0 Å². The van der Waals surface area contributed by atoms with Gasteiger partial charge in [0.1, 0.15) is 6.10 Å². The lowest BCUT2D eigenvalue weighted by molar-refractivity contribution is 0.0271. The van der Waals surface area contributed by atoms with E-state index in [2.05, 4.69) is 6.92 Å². The van der Waals surface area contributed by atoms with Crippen molar-refractivity contribution in [1.29, 1.82) is 0 Å². The topological polar surface area (TPSA) is 52.6 Å². The molecule has 0 saturated carbocycles. The van der Waals surface area contributed by atoms with E-state index in [0.29, 0.717) is 17.7 Å². The van der Waals surface area contributed by atoms with Crippen LogP contribution in [-0.2, 0) is 9.47 Å². The van der Waals surface area contributed by atoms with E-state index in [1.807, 2.05) is 6.92 Å². The number of ether oxygens (including phenoxy) is 2. The zero-order valence-electron chi connectivity index (χ0n) is 12.3. The van der Waals surface area contributed by atoms with E-state index in [-0.39, 0.29) is 18.0 Å². The van der Waals surface area contributed by atoms with Gasteiger partial charge in [0.15, 0.2) is 0 Å². The average molecular weight is 278 g/mol. The van der Waals surface area contributed by atoms with Gasteiger partial charge >= 0.3 is 11.9 Å². The molecule has 0 fully saturated rings. The molecule has 1 rings (SSSR count). The van der Waals surface area contributed by atoms with Gasteiger partial charge < -0.3 is 9.47 Å². The number of rotatable bonds is 7. The van der Waals surface area contributed by atoms with Crippen molar-refractivity contribution < 1.29 is 19.1 Å². The lowest BCUT2D eigenvalue weighted by Crippen LogP contribution is -2.17. The van der Waals surface area contributed by atoms with Crippen molar-refractivity contribution in [2.75, 3.05) is 6.61 Å². The summed E-state index contributed by atoms with van der Waals surface area (Å²) in [6.45, 7) is 6.14. The highest BCUT2D eigenvalue weighted by atomic mass is 16.5. The third kappa shape index (κ3) is 4.68. The summed E-state index contributed by atoms with van der Waals surface area (Å²) in [5.41, 5.74) is 0.886. The van der Waals surface area contributed by atoms with Crippen LogP contribution in [0.4, 0.5) is 0 Å². The van der Waals surface area contributed by atoms with Gasteiger partial charge in [0.25, 0.3) is 0 Å². The van der Waals surface area contributed by atoms with Crippen LogP contribution in [0.2, 0.25) is 0 Å². The SMILES string of the molecule is CCCC(CC)OC(=O)c1ccc(C(=O)OCC)cc1. The molecule has 0 saturated heterocycles. The van der Waals surface area contributed by atoms with Crippen molar-refractivity contribution >= 4 is 11.9 Å². The van der Waals surface area contributed by atoms with Crippen molar-refractivity contribution in [3.05, 3.63) is 35.4 Å². The highest BCUT2D eigenvalue weighted by Crippen LogP contribution is 2.12. The zero-order valence-corrected chi connectivity index (χ0v) is 12.3. The summed E-state index contributed by atoms with van der Waals surface area (Å²) in [7, 11) is 0. The summed E-state index contributed by atoms with van der Waals surface area (Å²) in [6.07, 6.45) is 2.61. The Morgan fingerprint density at radius 1 is 1.00 bits per heavy atom. The molecule has 0 aliphatic carbocycles. The van der Waals surface area contributed by atoms with Gasteiger partial charge in [-0.05, 0) is 44.0 Å². The van der Waals surface area contributed by atoms with Gasteiger partial charge in [-0.15, -0.1) is 0 Å². The van der Waals surface area contributed by atoms with E-state index in [0.717, 1.165) is 19.3 Å². The molecule has 1 aromatic rings. The van der Waals surface area contributed by atoms with Crippen molar-refractivity contribution in [1.82, 2.24) is 0 Å². The number of hydrogen-bond donors (Lipinski definition) is 0. The van der Waals surface area contributed by atoms with Gasteiger partial charge in [-0.3, -0.25) is 0 Å². The Bertz CT molecular complexity index is 436. The molecule has 0 N–H and O–H groups in total. The Kier molecular flexibility index (Phi) is 6.77. The number of carbonyl (C=O) groups excluding carboxylic acids is 2. The van der Waals surface area contributed by atoms with Gasteiger partial charge in [0, 0.05) is 0 Å². The monoisotopic (exact) mass is 278 g/mol. The van der Waals surface area contributed by atoms with Gasteiger partial charge in [-0.1, -0.05) is 20.3 Å². The zero-order chi connectivity index (χ0) is 15.0. The summed E-state index contributed by atoms with van der Waals surface area (Å²) in [4.78, 5) is 23.5. The van der Waals surface area contributed by atoms with Crippen LogP contribution in [0.5, 0.6) is 0 Å². The molecule has 0 heterocycles. The predicted molar refractivity (Wildman–Crippen MR) is 76.8 cm³/mol. The molecule has 0 spiro atoms. The van der Waals surface area contributed by atoms with Crippen LogP contribution < -0.4 is 0 Å². The van der Waals surface area contributed by atoms with Gasteiger partial charge in [0.2, 0.25) is 0 Å². The Labute approximate surface area is 120 Å². The number of carbonyl (C=O) groups is 2. The molecule has 0 aromatic heterocycles. The molecule has 0 bridgehead atoms. The van der Waals surface area contributed by atoms with Crippen LogP contribution in [0, 0.1) is 0 Å². The van der Waals surface area contributed by atoms with Gasteiger partial charge in [0.05, 0.1) is 17.7 Å². The van der Waals surface area contributed by atoms with Crippen LogP contribution >= 0.6 is 0 Å². The Morgan fingerprint density at radius 2 is 1.55 bits per heavy atom. The minimum absolute atomic E-state index is 0.0442. The van der Waals surface area contributed by atoms with Crippen LogP contribution in [-0.4, -0.2) is 24.6 Å². The lowest BCUT2D eigenvalue weighted by atomic mass is 10.1. The van der Waals surface area contributed by atoms with Crippen LogP contribution in [0.1, 0.15) is 60.7 Å². The van der Waals surface area contributed by atoms with Gasteiger partial charge in [-0.25, -0.2) is 9.59 Å². The third-order valence-electron chi connectivity index (χ3n) is 2.97. The second-order valence-corrected chi connectivity index (χ2v) is 4.52. The first-order valence-electron chi connectivity index (χ1n) is 7.10.